The third kappa shape index (κ3) is 3.49. The van der Waals surface area contributed by atoms with Crippen LogP contribution in [0.4, 0.5) is 5.69 Å². The maximum Gasteiger partial charge on any atom is 0.227 e. The van der Waals surface area contributed by atoms with Gasteiger partial charge in [0.05, 0.1) is 12.0 Å². The molecule has 2 aromatic rings. The first-order chi connectivity index (χ1) is 9.94. The number of aromatic nitrogens is 1. The van der Waals surface area contributed by atoms with E-state index in [9.17, 15) is 9.90 Å². The van der Waals surface area contributed by atoms with E-state index in [1.54, 1.807) is 26.0 Å². The summed E-state index contributed by atoms with van der Waals surface area (Å²) in [6.45, 7) is 5.33. The number of nitrogens with zero attached hydrogens (tertiary/aromatic N) is 1. The van der Waals surface area contributed by atoms with Crippen molar-refractivity contribution in [2.75, 3.05) is 5.32 Å². The molecule has 2 rings (SSSR count). The number of carbonyl (C=O) groups is 1. The quantitative estimate of drug-likeness (QED) is 0.887. The maximum absolute atomic E-state index is 12.2. The second-order valence-electron chi connectivity index (χ2n) is 5.28. The average Bonchev–Trinajstić information content (AvgIpc) is 2.80. The summed E-state index contributed by atoms with van der Waals surface area (Å²) in [4.78, 5) is 12.2. The Balaban J connectivity index is 2.10. The number of aliphatic hydroxyl groups is 1. The summed E-state index contributed by atoms with van der Waals surface area (Å²) in [6.07, 6.45) is 0.607. The van der Waals surface area contributed by atoms with Crippen molar-refractivity contribution in [2.45, 2.75) is 39.2 Å². The van der Waals surface area contributed by atoms with Gasteiger partial charge in [-0.25, -0.2) is 0 Å². The van der Waals surface area contributed by atoms with Gasteiger partial charge in [0.1, 0.15) is 11.4 Å². The van der Waals surface area contributed by atoms with Gasteiger partial charge in [0.25, 0.3) is 0 Å². The van der Waals surface area contributed by atoms with Crippen LogP contribution in [0.15, 0.2) is 34.9 Å². The van der Waals surface area contributed by atoms with Crippen molar-refractivity contribution in [1.29, 1.82) is 0 Å². The fourth-order valence-corrected chi connectivity index (χ4v) is 2.21. The Morgan fingerprint density at radius 2 is 2.05 bits per heavy atom. The van der Waals surface area contributed by atoms with Crippen LogP contribution in [-0.2, 0) is 16.8 Å². The van der Waals surface area contributed by atoms with Gasteiger partial charge in [-0.15, -0.1) is 0 Å². The molecule has 1 atom stereocenters. The molecule has 2 N–H and O–H groups in total. The highest BCUT2D eigenvalue weighted by molar-refractivity contribution is 5.92. The molecule has 0 fully saturated rings. The van der Waals surface area contributed by atoms with Gasteiger partial charge in [0, 0.05) is 6.42 Å². The van der Waals surface area contributed by atoms with Crippen molar-refractivity contribution in [2.24, 2.45) is 0 Å². The lowest BCUT2D eigenvalue weighted by molar-refractivity contribution is -0.120. The van der Waals surface area contributed by atoms with Crippen LogP contribution in [0.25, 0.3) is 0 Å². The van der Waals surface area contributed by atoms with Crippen LogP contribution in [0.1, 0.15) is 37.3 Å². The third-order valence-corrected chi connectivity index (χ3v) is 3.42. The molecule has 0 aliphatic carbocycles. The van der Waals surface area contributed by atoms with Crippen molar-refractivity contribution < 1.29 is 14.4 Å². The van der Waals surface area contributed by atoms with Gasteiger partial charge < -0.3 is 14.9 Å². The number of aryl methyl sites for hydroxylation is 2. The molecule has 112 valence electrons. The van der Waals surface area contributed by atoms with Crippen LogP contribution in [0.5, 0.6) is 0 Å². The predicted octanol–water partition coefficient (Wildman–Crippen LogP) is 2.78. The van der Waals surface area contributed by atoms with Gasteiger partial charge in [-0.1, -0.05) is 42.4 Å². The summed E-state index contributed by atoms with van der Waals surface area (Å²) >= 11 is 0. The highest BCUT2D eigenvalue weighted by atomic mass is 16.5. The lowest BCUT2D eigenvalue weighted by Crippen LogP contribution is -2.28. The van der Waals surface area contributed by atoms with Crippen LogP contribution in [0.2, 0.25) is 0 Å². The zero-order chi connectivity index (χ0) is 15.5. The first kappa shape index (κ1) is 15.3. The molecule has 0 saturated carbocycles. The number of anilines is 1. The Hall–Kier alpha value is -2.14. The van der Waals surface area contributed by atoms with Gasteiger partial charge in [-0.3, -0.25) is 4.79 Å². The van der Waals surface area contributed by atoms with E-state index in [1.807, 2.05) is 25.1 Å². The second kappa shape index (κ2) is 6.10. The van der Waals surface area contributed by atoms with E-state index in [0.29, 0.717) is 29.1 Å². The molecule has 21 heavy (non-hydrogen) atoms. The van der Waals surface area contributed by atoms with Gasteiger partial charge in [-0.05, 0) is 19.4 Å². The smallest absolute Gasteiger partial charge is 0.227 e. The molecule has 1 amide bonds. The molecule has 1 aromatic heterocycles. The van der Waals surface area contributed by atoms with Gasteiger partial charge >= 0.3 is 0 Å². The van der Waals surface area contributed by atoms with Crippen molar-refractivity contribution >= 4 is 11.6 Å². The van der Waals surface area contributed by atoms with Crippen LogP contribution in [0, 0.1) is 6.92 Å². The minimum absolute atomic E-state index is 0.0369. The third-order valence-electron chi connectivity index (χ3n) is 3.42. The normalized spacial score (nSPS) is 13.7. The number of nitrogens with one attached hydrogen (secondary N) is 1. The molecule has 5 heteroatoms. The topological polar surface area (TPSA) is 75.4 Å². The fourth-order valence-electron chi connectivity index (χ4n) is 2.21. The average molecular weight is 288 g/mol. The summed E-state index contributed by atoms with van der Waals surface area (Å²) < 4.78 is 5.13. The lowest BCUT2D eigenvalue weighted by Gasteiger charge is -2.23. The zero-order valence-corrected chi connectivity index (χ0v) is 12.5. The van der Waals surface area contributed by atoms with E-state index < -0.39 is 5.60 Å². The molecule has 1 heterocycles. The van der Waals surface area contributed by atoms with Crippen molar-refractivity contribution in [3.05, 3.63) is 47.3 Å². The highest BCUT2D eigenvalue weighted by Gasteiger charge is 2.27. The number of hydrogen-bond acceptors (Lipinski definition) is 4. The van der Waals surface area contributed by atoms with Crippen molar-refractivity contribution in [3.8, 4) is 0 Å². The number of carbonyl (C=O) groups excluding carboxylic acids is 1. The zero-order valence-electron chi connectivity index (χ0n) is 12.5. The molecule has 0 radical (unpaired) electrons. The van der Waals surface area contributed by atoms with Crippen LogP contribution >= 0.6 is 0 Å². The molecule has 0 bridgehead atoms. The lowest BCUT2D eigenvalue weighted by atomic mass is 9.92. The van der Waals surface area contributed by atoms with E-state index in [0.717, 1.165) is 0 Å². The summed E-state index contributed by atoms with van der Waals surface area (Å²) in [6, 6.07) is 9.14. The first-order valence-corrected chi connectivity index (χ1v) is 6.97. The van der Waals surface area contributed by atoms with Crippen LogP contribution < -0.4 is 5.32 Å². The largest absolute Gasteiger partial charge is 0.385 e. The Bertz CT molecular complexity index is 618. The number of hydrogen-bond donors (Lipinski definition) is 2. The molecular formula is C16H20N2O3. The molecule has 0 aliphatic rings. The number of benzene rings is 1. The van der Waals surface area contributed by atoms with Crippen LogP contribution in [-0.4, -0.2) is 16.2 Å². The molecule has 0 spiro atoms. The van der Waals surface area contributed by atoms with Gasteiger partial charge in [0.15, 0.2) is 5.76 Å². The first-order valence-electron chi connectivity index (χ1n) is 6.97. The highest BCUT2D eigenvalue weighted by Crippen LogP contribution is 2.26. The minimum Gasteiger partial charge on any atom is -0.385 e. The fraction of sp³-hybridized carbons (Fsp3) is 0.375. The predicted molar refractivity (Wildman–Crippen MR) is 79.9 cm³/mol. The standard InChI is InChI=1S/C16H20N2O3/c1-4-13-15(11(2)18-21-13)17-14(19)10-16(3,20)12-8-6-5-7-9-12/h5-9,20H,4,10H2,1-3H3,(H,17,19). The van der Waals surface area contributed by atoms with Gasteiger partial charge in [-0.2, -0.15) is 0 Å². The molecule has 5 nitrogen and oxygen atoms in total. The second-order valence-corrected chi connectivity index (χ2v) is 5.28. The summed E-state index contributed by atoms with van der Waals surface area (Å²) in [5.41, 5.74) is 0.729. The molecule has 0 aliphatic heterocycles. The summed E-state index contributed by atoms with van der Waals surface area (Å²) in [7, 11) is 0. The monoisotopic (exact) mass is 288 g/mol. The van der Waals surface area contributed by atoms with Gasteiger partial charge in [0.2, 0.25) is 5.91 Å². The van der Waals surface area contributed by atoms with E-state index in [-0.39, 0.29) is 12.3 Å². The van der Waals surface area contributed by atoms with E-state index in [1.165, 1.54) is 0 Å². The molecular weight excluding hydrogens is 268 g/mol. The summed E-state index contributed by atoms with van der Waals surface area (Å²) in [5.74, 6) is 0.366. The SMILES string of the molecule is CCc1onc(C)c1NC(=O)CC(C)(O)c1ccccc1. The molecule has 1 unspecified atom stereocenters. The van der Waals surface area contributed by atoms with E-state index in [4.69, 9.17) is 4.52 Å². The Morgan fingerprint density at radius 3 is 2.67 bits per heavy atom. The van der Waals surface area contributed by atoms with Crippen LogP contribution in [0.3, 0.4) is 0 Å². The molecule has 1 aromatic carbocycles. The Labute approximate surface area is 124 Å². The maximum atomic E-state index is 12.2. The Kier molecular flexibility index (Phi) is 4.43. The van der Waals surface area contributed by atoms with E-state index in [2.05, 4.69) is 10.5 Å². The molecule has 0 saturated heterocycles. The van der Waals surface area contributed by atoms with E-state index >= 15 is 0 Å². The van der Waals surface area contributed by atoms with Crippen molar-refractivity contribution in [3.63, 3.8) is 0 Å². The number of amides is 1. The summed E-state index contributed by atoms with van der Waals surface area (Å²) in [5, 5.41) is 17.1. The Morgan fingerprint density at radius 1 is 1.38 bits per heavy atom. The van der Waals surface area contributed by atoms with Crippen molar-refractivity contribution in [1.82, 2.24) is 5.16 Å². The number of rotatable bonds is 5. The minimum atomic E-state index is -1.22.